The van der Waals surface area contributed by atoms with E-state index in [4.69, 9.17) is 0 Å². The van der Waals surface area contributed by atoms with Crippen molar-refractivity contribution in [3.63, 3.8) is 0 Å². The number of rotatable bonds is 4. The zero-order valence-electron chi connectivity index (χ0n) is 11.1. The average Bonchev–Trinajstić information content (AvgIpc) is 2.19. The van der Waals surface area contributed by atoms with Gasteiger partial charge in [0, 0.05) is 17.3 Å². The van der Waals surface area contributed by atoms with Crippen LogP contribution in [0.5, 0.6) is 0 Å². The fourth-order valence-electron chi connectivity index (χ4n) is 3.21. The Morgan fingerprint density at radius 2 is 1.88 bits per heavy atom. The highest BCUT2D eigenvalue weighted by atomic mass is 32.2. The van der Waals surface area contributed by atoms with Crippen molar-refractivity contribution >= 4 is 11.8 Å². The van der Waals surface area contributed by atoms with Gasteiger partial charge < -0.3 is 5.32 Å². The van der Waals surface area contributed by atoms with Crippen LogP contribution < -0.4 is 5.32 Å². The van der Waals surface area contributed by atoms with E-state index in [2.05, 4.69) is 37.2 Å². The van der Waals surface area contributed by atoms with E-state index in [1.54, 1.807) is 0 Å². The Hall–Kier alpha value is 0.310. The number of thioether (sulfide) groups is 1. The molecule has 2 aliphatic rings. The minimum absolute atomic E-state index is 0.515. The van der Waals surface area contributed by atoms with Crippen LogP contribution in [-0.4, -0.2) is 23.6 Å². The summed E-state index contributed by atoms with van der Waals surface area (Å²) in [4.78, 5) is 0. The Balaban J connectivity index is 1.84. The van der Waals surface area contributed by atoms with E-state index in [0.717, 1.165) is 6.04 Å². The third-order valence-corrected chi connectivity index (χ3v) is 6.29. The van der Waals surface area contributed by atoms with Crippen molar-refractivity contribution in [3.8, 4) is 0 Å². The molecule has 0 amide bonds. The molecule has 1 atom stereocenters. The quantitative estimate of drug-likeness (QED) is 0.803. The van der Waals surface area contributed by atoms with Crippen LogP contribution in [0.4, 0.5) is 0 Å². The van der Waals surface area contributed by atoms with Gasteiger partial charge in [0.1, 0.15) is 0 Å². The fourth-order valence-corrected chi connectivity index (χ4v) is 4.13. The van der Waals surface area contributed by atoms with Crippen LogP contribution in [0.15, 0.2) is 0 Å². The van der Waals surface area contributed by atoms with Gasteiger partial charge in [0.2, 0.25) is 0 Å². The lowest BCUT2D eigenvalue weighted by Crippen LogP contribution is -2.51. The van der Waals surface area contributed by atoms with Crippen molar-refractivity contribution in [1.82, 2.24) is 5.32 Å². The molecule has 2 fully saturated rings. The topological polar surface area (TPSA) is 12.0 Å². The SMILES string of the molecule is CSC1(CNC2CCCCC2(C)C)CCC1. The van der Waals surface area contributed by atoms with Crippen LogP contribution in [0.2, 0.25) is 0 Å². The fraction of sp³-hybridized carbons (Fsp3) is 1.00. The smallest absolute Gasteiger partial charge is 0.0281 e. The van der Waals surface area contributed by atoms with Gasteiger partial charge in [-0.15, -0.1) is 0 Å². The molecular weight excluding hydrogens is 214 g/mol. The third-order valence-electron chi connectivity index (χ3n) is 4.88. The van der Waals surface area contributed by atoms with Gasteiger partial charge in [-0.1, -0.05) is 33.1 Å². The van der Waals surface area contributed by atoms with E-state index >= 15 is 0 Å². The van der Waals surface area contributed by atoms with Gasteiger partial charge in [0.15, 0.2) is 0 Å². The summed E-state index contributed by atoms with van der Waals surface area (Å²) in [7, 11) is 0. The van der Waals surface area contributed by atoms with Crippen molar-refractivity contribution in [2.45, 2.75) is 69.6 Å². The molecular formula is C14H27NS. The third kappa shape index (κ3) is 2.59. The number of nitrogens with one attached hydrogen (secondary N) is 1. The van der Waals surface area contributed by atoms with Crippen molar-refractivity contribution in [3.05, 3.63) is 0 Å². The largest absolute Gasteiger partial charge is 0.312 e. The molecule has 0 heterocycles. The number of hydrogen-bond donors (Lipinski definition) is 1. The van der Waals surface area contributed by atoms with Crippen molar-refractivity contribution in [1.29, 1.82) is 0 Å². The summed E-state index contributed by atoms with van der Waals surface area (Å²) in [6.07, 6.45) is 12.2. The summed E-state index contributed by atoms with van der Waals surface area (Å²) in [5.74, 6) is 0. The molecule has 0 aliphatic heterocycles. The Kier molecular flexibility index (Phi) is 3.90. The Morgan fingerprint density at radius 3 is 2.38 bits per heavy atom. The standard InChI is InChI=1S/C14H27NS/c1-13(2)8-5-4-7-12(13)15-11-14(16-3)9-6-10-14/h12,15H,4-11H2,1-3H3. The molecule has 1 nitrogen and oxygen atoms in total. The second kappa shape index (κ2) is 4.89. The molecule has 0 bridgehead atoms. The average molecular weight is 241 g/mol. The van der Waals surface area contributed by atoms with Gasteiger partial charge in [-0.05, 0) is 37.4 Å². The maximum Gasteiger partial charge on any atom is 0.0281 e. The molecule has 0 aromatic rings. The Morgan fingerprint density at radius 1 is 1.12 bits per heavy atom. The summed E-state index contributed by atoms with van der Waals surface area (Å²) in [5, 5.41) is 3.88. The lowest BCUT2D eigenvalue weighted by molar-refractivity contribution is 0.158. The maximum absolute atomic E-state index is 3.88. The zero-order chi connectivity index (χ0) is 11.6. The van der Waals surface area contributed by atoms with Gasteiger partial charge in [-0.2, -0.15) is 11.8 Å². The van der Waals surface area contributed by atoms with E-state index in [-0.39, 0.29) is 0 Å². The first-order valence-electron chi connectivity index (χ1n) is 6.87. The molecule has 94 valence electrons. The van der Waals surface area contributed by atoms with Crippen LogP contribution in [-0.2, 0) is 0 Å². The van der Waals surface area contributed by atoms with E-state index in [9.17, 15) is 0 Å². The number of hydrogen-bond acceptors (Lipinski definition) is 2. The minimum atomic E-state index is 0.515. The first-order valence-corrected chi connectivity index (χ1v) is 8.09. The predicted octanol–water partition coefficient (Wildman–Crippen LogP) is 3.83. The molecule has 2 heteroatoms. The highest BCUT2D eigenvalue weighted by molar-refractivity contribution is 8.00. The highest BCUT2D eigenvalue weighted by Gasteiger charge is 2.38. The lowest BCUT2D eigenvalue weighted by atomic mass is 9.73. The van der Waals surface area contributed by atoms with E-state index in [1.165, 1.54) is 51.5 Å². The molecule has 0 spiro atoms. The van der Waals surface area contributed by atoms with Crippen LogP contribution in [0.25, 0.3) is 0 Å². The van der Waals surface area contributed by atoms with E-state index in [1.807, 2.05) is 0 Å². The molecule has 2 saturated carbocycles. The molecule has 0 saturated heterocycles. The van der Waals surface area contributed by atoms with Crippen molar-refractivity contribution in [2.24, 2.45) is 5.41 Å². The summed E-state index contributed by atoms with van der Waals surface area (Å²) in [6, 6.07) is 0.755. The van der Waals surface area contributed by atoms with Gasteiger partial charge >= 0.3 is 0 Å². The molecule has 1 unspecified atom stereocenters. The summed E-state index contributed by atoms with van der Waals surface area (Å²) in [6.45, 7) is 6.12. The maximum atomic E-state index is 3.88. The van der Waals surface area contributed by atoms with Crippen molar-refractivity contribution < 1.29 is 0 Å². The second-order valence-electron chi connectivity index (χ2n) is 6.41. The second-order valence-corrected chi connectivity index (χ2v) is 7.68. The normalized spacial score (nSPS) is 32.1. The molecule has 0 aromatic heterocycles. The first-order chi connectivity index (χ1) is 7.58. The van der Waals surface area contributed by atoms with Gasteiger partial charge in [0.25, 0.3) is 0 Å². The monoisotopic (exact) mass is 241 g/mol. The molecule has 0 aromatic carbocycles. The van der Waals surface area contributed by atoms with Gasteiger partial charge in [0.05, 0.1) is 0 Å². The predicted molar refractivity (Wildman–Crippen MR) is 74.1 cm³/mol. The van der Waals surface area contributed by atoms with E-state index < -0.39 is 0 Å². The first kappa shape index (κ1) is 12.8. The van der Waals surface area contributed by atoms with Crippen LogP contribution >= 0.6 is 11.8 Å². The van der Waals surface area contributed by atoms with Gasteiger partial charge in [-0.3, -0.25) is 0 Å². The molecule has 2 aliphatic carbocycles. The lowest BCUT2D eigenvalue weighted by Gasteiger charge is -2.45. The minimum Gasteiger partial charge on any atom is -0.312 e. The van der Waals surface area contributed by atoms with Gasteiger partial charge in [-0.25, -0.2) is 0 Å². The van der Waals surface area contributed by atoms with Crippen LogP contribution in [0.1, 0.15) is 58.8 Å². The summed E-state index contributed by atoms with van der Waals surface area (Å²) in [5.41, 5.74) is 0.515. The molecule has 2 rings (SSSR count). The Bertz CT molecular complexity index is 227. The summed E-state index contributed by atoms with van der Waals surface area (Å²) < 4.78 is 0.591. The highest BCUT2D eigenvalue weighted by Crippen LogP contribution is 2.43. The summed E-state index contributed by atoms with van der Waals surface area (Å²) >= 11 is 2.09. The zero-order valence-corrected chi connectivity index (χ0v) is 12.0. The molecule has 1 N–H and O–H groups in total. The van der Waals surface area contributed by atoms with E-state index in [0.29, 0.717) is 10.2 Å². The van der Waals surface area contributed by atoms with Crippen LogP contribution in [0.3, 0.4) is 0 Å². The molecule has 16 heavy (non-hydrogen) atoms. The van der Waals surface area contributed by atoms with Crippen molar-refractivity contribution in [2.75, 3.05) is 12.8 Å². The van der Waals surface area contributed by atoms with Crippen LogP contribution in [0, 0.1) is 5.41 Å². The molecule has 0 radical (unpaired) electrons. The Labute approximate surface area is 105 Å².